The summed E-state index contributed by atoms with van der Waals surface area (Å²) >= 11 is 1.50. The van der Waals surface area contributed by atoms with Crippen LogP contribution in [0, 0.1) is 49.7 Å². The first kappa shape index (κ1) is 37.2. The van der Waals surface area contributed by atoms with Crippen LogP contribution in [0.1, 0.15) is 44.5 Å². The van der Waals surface area contributed by atoms with Crippen LogP contribution >= 0.6 is 11.3 Å². The molecule has 0 saturated heterocycles. The largest absolute Gasteiger partial charge is 0.416 e. The Balaban J connectivity index is 1.23. The lowest BCUT2D eigenvalue weighted by Crippen LogP contribution is -2.11. The zero-order valence-electron chi connectivity index (χ0n) is 30.7. The van der Waals surface area contributed by atoms with Gasteiger partial charge in [-0.3, -0.25) is 0 Å². The van der Waals surface area contributed by atoms with Crippen LogP contribution in [0.2, 0.25) is 0 Å². The zero-order valence-corrected chi connectivity index (χ0v) is 31.5. The molecule has 11 heteroatoms. The first-order valence-corrected chi connectivity index (χ1v) is 18.7. The van der Waals surface area contributed by atoms with E-state index in [0.717, 1.165) is 59.1 Å². The summed E-state index contributed by atoms with van der Waals surface area (Å²) in [6.07, 6.45) is -10.1. The molecule has 1 heterocycles. The Morgan fingerprint density at radius 1 is 0.492 bits per heavy atom. The fraction of sp³-hybridized carbons (Fsp3) is 0.0833. The van der Waals surface area contributed by atoms with Gasteiger partial charge in [-0.05, 0) is 135 Å². The van der Waals surface area contributed by atoms with E-state index in [4.69, 9.17) is 13.1 Å². The summed E-state index contributed by atoms with van der Waals surface area (Å²) in [5.41, 5.74) is 6.62. The van der Waals surface area contributed by atoms with Gasteiger partial charge in [0.05, 0.1) is 36.4 Å². The highest BCUT2D eigenvalue weighted by molar-refractivity contribution is 7.25. The van der Waals surface area contributed by atoms with Gasteiger partial charge in [0.25, 0.3) is 11.4 Å². The highest BCUT2D eigenvalue weighted by Gasteiger charge is 2.38. The fourth-order valence-corrected chi connectivity index (χ4v) is 9.54. The van der Waals surface area contributed by atoms with E-state index in [1.807, 2.05) is 62.4 Å². The third-order valence-electron chi connectivity index (χ3n) is 10.8. The molecule has 0 spiro atoms. The monoisotopic (exact) mass is 800 g/mol. The highest BCUT2D eigenvalue weighted by Crippen LogP contribution is 2.54. The number of hydrogen-bond donors (Lipinski definition) is 0. The molecule has 2 aliphatic rings. The molecule has 7 aromatic rings. The summed E-state index contributed by atoms with van der Waals surface area (Å²) in [5, 5.41) is 21.9. The van der Waals surface area contributed by atoms with Crippen molar-refractivity contribution in [2.45, 2.75) is 26.2 Å². The topological polar surface area (TPSA) is 56.3 Å². The van der Waals surface area contributed by atoms with Gasteiger partial charge < -0.3 is 0 Å². The molecule has 0 aliphatic heterocycles. The van der Waals surface area contributed by atoms with Crippen LogP contribution in [0.25, 0.3) is 85.5 Å². The molecule has 0 radical (unpaired) electrons. The molecule has 2 aliphatic carbocycles. The molecular weight excluding hydrogens is 779 g/mol. The van der Waals surface area contributed by atoms with Crippen molar-refractivity contribution >= 4 is 42.7 Å². The molecule has 0 fully saturated rings. The number of thiophene rings is 1. The van der Waals surface area contributed by atoms with Crippen LogP contribution in [-0.4, -0.2) is 0 Å². The summed E-state index contributed by atoms with van der Waals surface area (Å²) < 4.78 is 84.5. The molecule has 4 nitrogen and oxygen atoms in total. The predicted octanol–water partition coefficient (Wildman–Crippen LogP) is 14.4. The standard InChI is InChI=1S/C48H22F6N4S/c1-23-9-24(2)11-27(10-23)25-5-7-31-33-19-43-35(17-39(33)45(37(31)14-25)41(21-55)57-3)36-18-40-34(20-44(36)59-43)32-8-6-26(15-38(32)46(40)42(22-56)58-4)28-12-29(47(49,50)51)16-30(13-28)48(52,53)54/h5-20H,1-2H3/b45-41+,46-42-. The fourth-order valence-electron chi connectivity index (χ4n) is 8.40. The van der Waals surface area contributed by atoms with Crippen LogP contribution in [0.5, 0.6) is 0 Å². The second-order valence-electron chi connectivity index (χ2n) is 14.5. The first-order valence-electron chi connectivity index (χ1n) is 17.9. The number of halogens is 6. The summed E-state index contributed by atoms with van der Waals surface area (Å²) in [6, 6.07) is 30.0. The van der Waals surface area contributed by atoms with Gasteiger partial charge in [-0.1, -0.05) is 53.6 Å². The number of nitrogens with zero attached hydrogens (tertiary/aromatic N) is 4. The van der Waals surface area contributed by atoms with E-state index >= 15 is 0 Å². The van der Waals surface area contributed by atoms with Gasteiger partial charge in [-0.25, -0.2) is 20.2 Å². The number of rotatable bonds is 2. The lowest BCUT2D eigenvalue weighted by atomic mass is 9.94. The molecule has 59 heavy (non-hydrogen) atoms. The van der Waals surface area contributed by atoms with Crippen LogP contribution in [-0.2, 0) is 12.4 Å². The van der Waals surface area contributed by atoms with E-state index in [2.05, 4.69) is 34.0 Å². The average molecular weight is 801 g/mol. The number of aryl methyl sites for hydroxylation is 2. The van der Waals surface area contributed by atoms with Crippen molar-refractivity contribution in [1.29, 1.82) is 10.5 Å². The van der Waals surface area contributed by atoms with Crippen LogP contribution in [0.4, 0.5) is 26.3 Å². The summed E-state index contributed by atoms with van der Waals surface area (Å²) in [4.78, 5) is 7.10. The van der Waals surface area contributed by atoms with Crippen molar-refractivity contribution in [1.82, 2.24) is 0 Å². The molecule has 0 amide bonds. The third-order valence-corrected chi connectivity index (χ3v) is 11.9. The van der Waals surface area contributed by atoms with Crippen LogP contribution in [0.3, 0.4) is 0 Å². The van der Waals surface area contributed by atoms with E-state index in [1.165, 1.54) is 23.5 Å². The molecule has 282 valence electrons. The number of benzene rings is 6. The number of nitriles is 2. The molecule has 1 aromatic heterocycles. The average Bonchev–Trinajstić information content (AvgIpc) is 3.82. The van der Waals surface area contributed by atoms with Crippen molar-refractivity contribution in [2.24, 2.45) is 0 Å². The van der Waals surface area contributed by atoms with Crippen molar-refractivity contribution in [3.63, 3.8) is 0 Å². The van der Waals surface area contributed by atoms with Gasteiger partial charge in [0.1, 0.15) is 0 Å². The van der Waals surface area contributed by atoms with E-state index in [1.54, 1.807) is 6.07 Å². The zero-order chi connectivity index (χ0) is 41.7. The third kappa shape index (κ3) is 5.87. The maximum absolute atomic E-state index is 13.8. The quantitative estimate of drug-likeness (QED) is 0.0993. The predicted molar refractivity (Wildman–Crippen MR) is 217 cm³/mol. The molecule has 0 atom stereocenters. The Bertz CT molecular complexity index is 3230. The first-order chi connectivity index (χ1) is 28.1. The van der Waals surface area contributed by atoms with E-state index in [0.29, 0.717) is 45.5 Å². The maximum Gasteiger partial charge on any atom is 0.416 e. The van der Waals surface area contributed by atoms with Gasteiger partial charge >= 0.3 is 12.4 Å². The number of fused-ring (bicyclic) bond motifs is 9. The van der Waals surface area contributed by atoms with Crippen LogP contribution in [0.15, 0.2) is 108 Å². The van der Waals surface area contributed by atoms with E-state index in [-0.39, 0.29) is 34.2 Å². The molecular formula is C48H22F6N4S. The smallest absolute Gasteiger partial charge is 0.226 e. The van der Waals surface area contributed by atoms with Crippen molar-refractivity contribution in [3.8, 4) is 56.6 Å². The van der Waals surface area contributed by atoms with E-state index in [9.17, 15) is 36.9 Å². The summed E-state index contributed by atoms with van der Waals surface area (Å²) in [5.74, 6) is 0. The van der Waals surface area contributed by atoms with Crippen molar-refractivity contribution < 1.29 is 26.3 Å². The highest BCUT2D eigenvalue weighted by atomic mass is 32.1. The summed E-state index contributed by atoms with van der Waals surface area (Å²) in [7, 11) is 0. The lowest BCUT2D eigenvalue weighted by molar-refractivity contribution is -0.143. The van der Waals surface area contributed by atoms with Crippen molar-refractivity contribution in [2.75, 3.05) is 0 Å². The number of allylic oxidation sites excluding steroid dienone is 2. The maximum atomic E-state index is 13.8. The van der Waals surface area contributed by atoms with E-state index < -0.39 is 23.5 Å². The van der Waals surface area contributed by atoms with Gasteiger partial charge in [0, 0.05) is 31.3 Å². The summed E-state index contributed by atoms with van der Waals surface area (Å²) in [6.45, 7) is 19.8. The molecule has 9 rings (SSSR count). The SMILES string of the molecule is [C-]#[N+]/C(C#N)=C1/c2cc(-c3cc(C(F)(F)F)cc(C(F)(F)F)c3)ccc2-c2cc3sc4cc5c(cc4c3cc21)/C(=C(\C#N)[N+]#[C-])c1cc(-c2cc(C)cc(C)c2)ccc1-5. The second-order valence-corrected chi connectivity index (χ2v) is 15.6. The Kier molecular flexibility index (Phi) is 8.22. The second kappa shape index (κ2) is 13.0. The molecule has 0 bridgehead atoms. The normalized spacial score (nSPS) is 14.4. The molecule has 0 saturated carbocycles. The Morgan fingerprint density at radius 3 is 1.29 bits per heavy atom. The molecule has 0 N–H and O–H groups in total. The Labute approximate surface area is 337 Å². The number of hydrogen-bond acceptors (Lipinski definition) is 3. The Morgan fingerprint density at radius 2 is 0.898 bits per heavy atom. The Hall–Kier alpha value is -7.44. The minimum atomic E-state index is -5.05. The van der Waals surface area contributed by atoms with Gasteiger partial charge in [-0.2, -0.15) is 26.3 Å². The van der Waals surface area contributed by atoms with Gasteiger partial charge in [0.15, 0.2) is 0 Å². The van der Waals surface area contributed by atoms with Crippen molar-refractivity contribution in [3.05, 3.63) is 176 Å². The van der Waals surface area contributed by atoms with Gasteiger partial charge in [-0.15, -0.1) is 11.3 Å². The molecule has 0 unspecified atom stereocenters. The minimum absolute atomic E-state index is 0.0448. The lowest BCUT2D eigenvalue weighted by Gasteiger charge is -2.15. The van der Waals surface area contributed by atoms with Gasteiger partial charge in [0.2, 0.25) is 0 Å². The minimum Gasteiger partial charge on any atom is -0.226 e. The molecule has 6 aromatic carbocycles. The number of alkyl halides is 6. The van der Waals surface area contributed by atoms with Crippen LogP contribution < -0.4 is 0 Å².